The summed E-state index contributed by atoms with van der Waals surface area (Å²) in [4.78, 5) is 34.4. The number of amides is 1. The molecule has 3 fully saturated rings. The Hall–Kier alpha value is -4.03. The first kappa shape index (κ1) is 25.3. The molecule has 12 heteroatoms. The van der Waals surface area contributed by atoms with Crippen LogP contribution in [-0.4, -0.2) is 97.5 Å². The van der Waals surface area contributed by atoms with E-state index in [0.29, 0.717) is 72.0 Å². The molecule has 0 aromatic carbocycles. The molecular weight excluding hydrogens is 498 g/mol. The zero-order valence-electron chi connectivity index (χ0n) is 22.2. The summed E-state index contributed by atoms with van der Waals surface area (Å²) in [5, 5.41) is 13.5. The number of carbonyl (C=O) groups excluding carboxylic acids is 1. The molecule has 6 heterocycles. The molecule has 6 rings (SSSR count). The number of fused-ring (bicyclic) bond motifs is 1. The lowest BCUT2D eigenvalue weighted by Gasteiger charge is -2.52. The minimum Gasteiger partial charge on any atom is -0.422 e. The molecule has 3 aromatic heterocycles. The van der Waals surface area contributed by atoms with Gasteiger partial charge in [0, 0.05) is 57.3 Å². The fourth-order valence-corrected chi connectivity index (χ4v) is 5.62. The molecule has 0 aliphatic carbocycles. The van der Waals surface area contributed by atoms with E-state index >= 15 is 0 Å². The lowest BCUT2D eigenvalue weighted by atomic mass is 9.87. The van der Waals surface area contributed by atoms with E-state index in [1.807, 2.05) is 4.90 Å². The minimum absolute atomic E-state index is 0.131. The summed E-state index contributed by atoms with van der Waals surface area (Å²) < 4.78 is 11.5. The molecule has 204 valence electrons. The van der Waals surface area contributed by atoms with Crippen LogP contribution in [0.15, 0.2) is 34.9 Å². The summed E-state index contributed by atoms with van der Waals surface area (Å²) >= 11 is 0. The van der Waals surface area contributed by atoms with Gasteiger partial charge in [0.1, 0.15) is 11.6 Å². The number of pyridine rings is 2. The fraction of sp³-hybridized carbons (Fsp3) is 0.444. The number of hydrogen-bond acceptors (Lipinski definition) is 11. The van der Waals surface area contributed by atoms with Gasteiger partial charge in [-0.1, -0.05) is 6.07 Å². The van der Waals surface area contributed by atoms with E-state index in [4.69, 9.17) is 19.5 Å². The first-order valence-electron chi connectivity index (χ1n) is 13.3. The predicted molar refractivity (Wildman–Crippen MR) is 150 cm³/mol. The molecule has 0 radical (unpaired) electrons. The van der Waals surface area contributed by atoms with Crippen molar-refractivity contribution in [1.82, 2.24) is 25.2 Å². The maximum absolute atomic E-state index is 13.7. The van der Waals surface area contributed by atoms with Crippen molar-refractivity contribution in [2.75, 3.05) is 75.1 Å². The third kappa shape index (κ3) is 4.70. The normalized spacial score (nSPS) is 19.4. The van der Waals surface area contributed by atoms with Gasteiger partial charge in [0.05, 0.1) is 30.0 Å². The van der Waals surface area contributed by atoms with Crippen molar-refractivity contribution in [3.63, 3.8) is 0 Å². The van der Waals surface area contributed by atoms with Gasteiger partial charge in [-0.15, -0.1) is 0 Å². The highest BCUT2D eigenvalue weighted by Gasteiger charge is 2.49. The number of rotatable bonds is 7. The van der Waals surface area contributed by atoms with E-state index in [-0.39, 0.29) is 11.4 Å². The standard InChI is InChI=1S/C27H33N9O3/c1-29-15-18(14-28)20-5-3-6-22(30-20)31-25(37)19-13-21-23(33-26(39-21)35-9-11-38-12-10-35)32-24(19)36-16-27(17-36)7-4-8-34(27)2/h3,5-6,13-15,28-29H,4,7-12,16-17H2,1-2H3,(H,30,31,37)/b18-15+,28-14?. The Bertz CT molecular complexity index is 1420. The monoisotopic (exact) mass is 531 g/mol. The van der Waals surface area contributed by atoms with Crippen molar-refractivity contribution >= 4 is 46.6 Å². The second-order valence-electron chi connectivity index (χ2n) is 10.3. The summed E-state index contributed by atoms with van der Waals surface area (Å²) in [6.07, 6.45) is 5.22. The first-order valence-corrected chi connectivity index (χ1v) is 13.3. The molecule has 0 saturated carbocycles. The Kier molecular flexibility index (Phi) is 6.65. The molecule has 3 aromatic rings. The van der Waals surface area contributed by atoms with Gasteiger partial charge in [0.25, 0.3) is 11.9 Å². The number of anilines is 3. The second kappa shape index (κ2) is 10.3. The van der Waals surface area contributed by atoms with E-state index in [0.717, 1.165) is 26.1 Å². The van der Waals surface area contributed by atoms with Crippen LogP contribution in [0, 0.1) is 5.41 Å². The fourth-order valence-electron chi connectivity index (χ4n) is 5.62. The Labute approximate surface area is 226 Å². The zero-order chi connectivity index (χ0) is 27.0. The van der Waals surface area contributed by atoms with Crippen molar-refractivity contribution in [3.05, 3.63) is 41.7 Å². The van der Waals surface area contributed by atoms with Crippen LogP contribution >= 0.6 is 0 Å². The summed E-state index contributed by atoms with van der Waals surface area (Å²) in [6.45, 7) is 5.31. The molecule has 1 amide bonds. The van der Waals surface area contributed by atoms with E-state index < -0.39 is 0 Å². The van der Waals surface area contributed by atoms with E-state index in [9.17, 15) is 4.79 Å². The predicted octanol–water partition coefficient (Wildman–Crippen LogP) is 2.20. The first-order chi connectivity index (χ1) is 19.0. The third-order valence-corrected chi connectivity index (χ3v) is 7.83. The molecule has 3 saturated heterocycles. The number of likely N-dealkylation sites (N-methyl/N-ethyl adjacent to an activating group) is 1. The Morgan fingerprint density at radius 2 is 1.95 bits per heavy atom. The van der Waals surface area contributed by atoms with E-state index in [1.54, 1.807) is 37.5 Å². The van der Waals surface area contributed by atoms with Crippen LogP contribution < -0.4 is 20.4 Å². The number of likely N-dealkylation sites (tertiary alicyclic amines) is 1. The molecule has 3 aliphatic heterocycles. The van der Waals surface area contributed by atoms with Gasteiger partial charge in [-0.3, -0.25) is 9.69 Å². The largest absolute Gasteiger partial charge is 0.422 e. The van der Waals surface area contributed by atoms with Crippen molar-refractivity contribution in [3.8, 4) is 0 Å². The lowest BCUT2D eigenvalue weighted by molar-refractivity contribution is 0.102. The molecule has 12 nitrogen and oxygen atoms in total. The smallest absolute Gasteiger partial charge is 0.300 e. The molecule has 0 atom stereocenters. The Morgan fingerprint density at radius 3 is 2.67 bits per heavy atom. The van der Waals surface area contributed by atoms with Gasteiger partial charge >= 0.3 is 0 Å². The van der Waals surface area contributed by atoms with Crippen LogP contribution in [0.1, 0.15) is 28.9 Å². The minimum atomic E-state index is -0.330. The van der Waals surface area contributed by atoms with Gasteiger partial charge in [-0.25, -0.2) is 9.97 Å². The average molecular weight is 532 g/mol. The Morgan fingerprint density at radius 1 is 1.13 bits per heavy atom. The summed E-state index contributed by atoms with van der Waals surface area (Å²) in [5.41, 5.74) is 2.66. The number of allylic oxidation sites excluding steroid dienone is 1. The van der Waals surface area contributed by atoms with Gasteiger partial charge in [0.2, 0.25) is 5.65 Å². The number of nitrogens with zero attached hydrogens (tertiary/aromatic N) is 6. The number of hydrogen-bond donors (Lipinski definition) is 3. The molecule has 0 unspecified atom stereocenters. The van der Waals surface area contributed by atoms with E-state index in [2.05, 4.69) is 37.4 Å². The average Bonchev–Trinajstić information content (AvgIpc) is 3.54. The molecule has 3 aliphatic rings. The van der Waals surface area contributed by atoms with Crippen molar-refractivity contribution in [1.29, 1.82) is 5.41 Å². The lowest BCUT2D eigenvalue weighted by Crippen LogP contribution is -2.67. The van der Waals surface area contributed by atoms with Crippen LogP contribution in [0.5, 0.6) is 0 Å². The van der Waals surface area contributed by atoms with Crippen molar-refractivity contribution in [2.45, 2.75) is 18.4 Å². The van der Waals surface area contributed by atoms with Gasteiger partial charge in [0.15, 0.2) is 5.58 Å². The van der Waals surface area contributed by atoms with Crippen molar-refractivity contribution < 1.29 is 13.9 Å². The molecule has 39 heavy (non-hydrogen) atoms. The van der Waals surface area contributed by atoms with Crippen LogP contribution in [0.2, 0.25) is 0 Å². The number of ether oxygens (including phenoxy) is 1. The molecule has 0 bridgehead atoms. The Balaban J connectivity index is 1.33. The van der Waals surface area contributed by atoms with Gasteiger partial charge < -0.3 is 35.0 Å². The topological polar surface area (TPSA) is 136 Å². The summed E-state index contributed by atoms with van der Waals surface area (Å²) in [6, 6.07) is 7.55. The third-order valence-electron chi connectivity index (χ3n) is 7.83. The summed E-state index contributed by atoms with van der Waals surface area (Å²) in [7, 11) is 3.93. The van der Waals surface area contributed by atoms with Crippen molar-refractivity contribution in [2.24, 2.45) is 0 Å². The second-order valence-corrected chi connectivity index (χ2v) is 10.3. The maximum Gasteiger partial charge on any atom is 0.300 e. The number of carbonyl (C=O) groups is 1. The SMILES string of the molecule is CN/C=C(\C=N)c1cccc(NC(=O)c2cc3oc(N4CCOCC4)nc3nc2N2CC3(CCCN3C)C2)n1. The maximum atomic E-state index is 13.7. The number of morpholine rings is 1. The van der Waals surface area contributed by atoms with Crippen LogP contribution in [0.3, 0.4) is 0 Å². The highest BCUT2D eigenvalue weighted by Crippen LogP contribution is 2.40. The van der Waals surface area contributed by atoms with Crippen LogP contribution in [0.25, 0.3) is 16.8 Å². The van der Waals surface area contributed by atoms with Gasteiger partial charge in [-0.2, -0.15) is 4.98 Å². The quantitative estimate of drug-likeness (QED) is 0.389. The number of aromatic nitrogens is 3. The van der Waals surface area contributed by atoms with Crippen LogP contribution in [-0.2, 0) is 4.74 Å². The number of nitrogens with one attached hydrogen (secondary N) is 3. The highest BCUT2D eigenvalue weighted by atomic mass is 16.5. The molecule has 1 spiro atoms. The highest BCUT2D eigenvalue weighted by molar-refractivity contribution is 6.10. The molecular formula is C27H33N9O3. The van der Waals surface area contributed by atoms with Crippen LogP contribution in [0.4, 0.5) is 17.7 Å². The van der Waals surface area contributed by atoms with E-state index in [1.165, 1.54) is 12.6 Å². The summed E-state index contributed by atoms with van der Waals surface area (Å²) in [5.74, 6) is 0.650. The zero-order valence-corrected chi connectivity index (χ0v) is 22.2. The van der Waals surface area contributed by atoms with Gasteiger partial charge in [-0.05, 0) is 38.6 Å². The number of oxazole rings is 1. The molecule has 3 N–H and O–H groups in total.